The number of hydrogen-bond donors (Lipinski definition) is 1. The molecule has 2 unspecified atom stereocenters. The third-order valence-corrected chi connectivity index (χ3v) is 4.41. The largest absolute Gasteiger partial charge is 0.316 e. The molecule has 2 aliphatic rings. The van der Waals surface area contributed by atoms with Gasteiger partial charge in [0.1, 0.15) is 0 Å². The lowest BCUT2D eigenvalue weighted by atomic mass is 9.92. The van der Waals surface area contributed by atoms with Crippen LogP contribution in [0, 0.1) is 5.92 Å². The number of fused-ring (bicyclic) bond motifs is 1. The minimum absolute atomic E-state index is 0.155. The molecular weight excluding hydrogens is 236 g/mol. The average Bonchev–Trinajstić information content (AvgIpc) is 2.47. The zero-order valence-electron chi connectivity index (χ0n) is 11.6. The number of nitrogens with one attached hydrogen (secondary N) is 1. The Labute approximate surface area is 115 Å². The number of hydrogen-bond acceptors (Lipinski definition) is 2. The second-order valence-corrected chi connectivity index (χ2v) is 5.77. The van der Waals surface area contributed by atoms with E-state index in [2.05, 4.69) is 35.3 Å². The van der Waals surface area contributed by atoms with Crippen molar-refractivity contribution in [1.29, 1.82) is 0 Å². The second kappa shape index (κ2) is 5.33. The van der Waals surface area contributed by atoms with Crippen LogP contribution < -0.4 is 10.2 Å². The number of benzene rings is 1. The van der Waals surface area contributed by atoms with Crippen LogP contribution in [0.3, 0.4) is 0 Å². The number of carbonyl (C=O) groups excluding carboxylic acids is 1. The number of anilines is 1. The Hall–Kier alpha value is -1.35. The summed E-state index contributed by atoms with van der Waals surface area (Å²) in [5, 5.41) is 3.35. The molecule has 1 N–H and O–H groups in total. The highest BCUT2D eigenvalue weighted by atomic mass is 16.2. The average molecular weight is 258 g/mol. The van der Waals surface area contributed by atoms with E-state index in [-0.39, 0.29) is 5.92 Å². The predicted molar refractivity (Wildman–Crippen MR) is 77.3 cm³/mol. The van der Waals surface area contributed by atoms with Crippen molar-refractivity contribution in [3.63, 3.8) is 0 Å². The molecule has 3 rings (SSSR count). The molecular formula is C16H22N2O. The van der Waals surface area contributed by atoms with E-state index in [1.54, 1.807) is 0 Å². The zero-order valence-corrected chi connectivity index (χ0v) is 11.6. The first-order valence-corrected chi connectivity index (χ1v) is 7.39. The molecule has 0 saturated carbocycles. The molecule has 0 aliphatic carbocycles. The molecule has 2 atom stereocenters. The highest BCUT2D eigenvalue weighted by Crippen LogP contribution is 2.32. The Morgan fingerprint density at radius 3 is 2.95 bits per heavy atom. The topological polar surface area (TPSA) is 32.3 Å². The maximum absolute atomic E-state index is 12.8. The third-order valence-electron chi connectivity index (χ3n) is 4.41. The van der Waals surface area contributed by atoms with Crippen molar-refractivity contribution in [1.82, 2.24) is 5.32 Å². The fourth-order valence-corrected chi connectivity index (χ4v) is 3.28. The molecule has 102 valence electrons. The van der Waals surface area contributed by atoms with Crippen LogP contribution in [0.15, 0.2) is 24.3 Å². The van der Waals surface area contributed by atoms with E-state index in [1.807, 2.05) is 6.07 Å². The quantitative estimate of drug-likeness (QED) is 0.838. The Morgan fingerprint density at radius 2 is 2.16 bits per heavy atom. The lowest BCUT2D eigenvalue weighted by molar-refractivity contribution is -0.123. The fraction of sp³-hybridized carbons (Fsp3) is 0.562. The first-order chi connectivity index (χ1) is 9.27. The summed E-state index contributed by atoms with van der Waals surface area (Å²) in [5.74, 6) is 0.467. The van der Waals surface area contributed by atoms with Gasteiger partial charge in [0.15, 0.2) is 0 Å². The summed E-state index contributed by atoms with van der Waals surface area (Å²) in [6.07, 6.45) is 4.30. The Kier molecular flexibility index (Phi) is 3.56. The predicted octanol–water partition coefficient (Wildman–Crippen LogP) is 2.35. The Morgan fingerprint density at radius 1 is 1.32 bits per heavy atom. The minimum Gasteiger partial charge on any atom is -0.316 e. The van der Waals surface area contributed by atoms with Gasteiger partial charge in [-0.2, -0.15) is 0 Å². The molecule has 19 heavy (non-hydrogen) atoms. The van der Waals surface area contributed by atoms with Gasteiger partial charge in [-0.05, 0) is 50.8 Å². The van der Waals surface area contributed by atoms with E-state index in [0.717, 1.165) is 44.5 Å². The number of piperidine rings is 1. The molecule has 1 aromatic carbocycles. The first-order valence-electron chi connectivity index (χ1n) is 7.39. The van der Waals surface area contributed by atoms with Crippen molar-refractivity contribution in [2.45, 2.75) is 38.6 Å². The van der Waals surface area contributed by atoms with Gasteiger partial charge in [-0.1, -0.05) is 18.2 Å². The zero-order chi connectivity index (χ0) is 13.2. The second-order valence-electron chi connectivity index (χ2n) is 5.77. The first kappa shape index (κ1) is 12.7. The van der Waals surface area contributed by atoms with Gasteiger partial charge < -0.3 is 10.2 Å². The number of carbonyl (C=O) groups is 1. The highest BCUT2D eigenvalue weighted by Gasteiger charge is 2.32. The van der Waals surface area contributed by atoms with Gasteiger partial charge >= 0.3 is 0 Å². The summed E-state index contributed by atoms with van der Waals surface area (Å²) in [5.41, 5.74) is 2.45. The van der Waals surface area contributed by atoms with E-state index < -0.39 is 0 Å². The molecule has 3 heteroatoms. The van der Waals surface area contributed by atoms with Gasteiger partial charge in [0, 0.05) is 18.3 Å². The maximum atomic E-state index is 12.8. The molecule has 0 radical (unpaired) electrons. The lowest BCUT2D eigenvalue weighted by Crippen LogP contribution is -2.48. The van der Waals surface area contributed by atoms with Crippen molar-refractivity contribution < 1.29 is 4.79 Å². The molecule has 2 heterocycles. The van der Waals surface area contributed by atoms with E-state index in [0.29, 0.717) is 11.9 Å². The van der Waals surface area contributed by atoms with Gasteiger partial charge in [-0.15, -0.1) is 0 Å². The minimum atomic E-state index is 0.155. The van der Waals surface area contributed by atoms with Crippen molar-refractivity contribution in [3.8, 4) is 0 Å². The lowest BCUT2D eigenvalue weighted by Gasteiger charge is -2.38. The van der Waals surface area contributed by atoms with E-state index in [1.165, 1.54) is 5.56 Å². The molecule has 0 spiro atoms. The van der Waals surface area contributed by atoms with Crippen molar-refractivity contribution >= 4 is 11.6 Å². The van der Waals surface area contributed by atoms with Crippen LogP contribution in [0.5, 0.6) is 0 Å². The molecule has 1 saturated heterocycles. The summed E-state index contributed by atoms with van der Waals surface area (Å²) >= 11 is 0. The summed E-state index contributed by atoms with van der Waals surface area (Å²) in [7, 11) is 0. The van der Waals surface area contributed by atoms with Crippen molar-refractivity contribution in [3.05, 3.63) is 29.8 Å². The third kappa shape index (κ3) is 2.39. The van der Waals surface area contributed by atoms with Gasteiger partial charge in [-0.3, -0.25) is 4.79 Å². The molecule has 1 fully saturated rings. The number of rotatable bonds is 1. The standard InChI is InChI=1S/C16H22N2O/c1-12-8-9-13-5-2-3-7-15(13)18(12)16(19)14-6-4-10-17-11-14/h2-3,5,7,12,14,17H,4,6,8-11H2,1H3. The van der Waals surface area contributed by atoms with E-state index in [4.69, 9.17) is 0 Å². The number of amides is 1. The SMILES string of the molecule is CC1CCc2ccccc2N1C(=O)C1CCCNC1. The molecule has 0 aromatic heterocycles. The molecule has 1 amide bonds. The highest BCUT2D eigenvalue weighted by molar-refractivity contribution is 5.97. The van der Waals surface area contributed by atoms with E-state index in [9.17, 15) is 4.79 Å². The van der Waals surface area contributed by atoms with Crippen LogP contribution >= 0.6 is 0 Å². The summed E-state index contributed by atoms with van der Waals surface area (Å²) in [6.45, 7) is 4.06. The monoisotopic (exact) mass is 258 g/mol. The van der Waals surface area contributed by atoms with Crippen LogP contribution in [0.2, 0.25) is 0 Å². The van der Waals surface area contributed by atoms with Gasteiger partial charge in [-0.25, -0.2) is 0 Å². The van der Waals surface area contributed by atoms with Crippen molar-refractivity contribution in [2.75, 3.05) is 18.0 Å². The van der Waals surface area contributed by atoms with E-state index >= 15 is 0 Å². The van der Waals surface area contributed by atoms with Crippen LogP contribution in [0.25, 0.3) is 0 Å². The molecule has 0 bridgehead atoms. The van der Waals surface area contributed by atoms with Gasteiger partial charge in [0.2, 0.25) is 5.91 Å². The van der Waals surface area contributed by atoms with Crippen LogP contribution in [-0.4, -0.2) is 25.0 Å². The van der Waals surface area contributed by atoms with Gasteiger partial charge in [0.25, 0.3) is 0 Å². The van der Waals surface area contributed by atoms with Gasteiger partial charge in [0.05, 0.1) is 5.92 Å². The van der Waals surface area contributed by atoms with Crippen LogP contribution in [0.1, 0.15) is 31.7 Å². The normalized spacial score (nSPS) is 26.9. The summed E-state index contributed by atoms with van der Waals surface area (Å²) in [6, 6.07) is 8.68. The Bertz CT molecular complexity index is 466. The number of para-hydroxylation sites is 1. The smallest absolute Gasteiger partial charge is 0.231 e. The summed E-state index contributed by atoms with van der Waals surface area (Å²) < 4.78 is 0. The fourth-order valence-electron chi connectivity index (χ4n) is 3.28. The van der Waals surface area contributed by atoms with Crippen LogP contribution in [-0.2, 0) is 11.2 Å². The maximum Gasteiger partial charge on any atom is 0.231 e. The number of aryl methyl sites for hydroxylation is 1. The molecule has 2 aliphatic heterocycles. The number of nitrogens with zero attached hydrogens (tertiary/aromatic N) is 1. The molecule has 1 aromatic rings. The summed E-state index contributed by atoms with van der Waals surface area (Å²) in [4.78, 5) is 14.9. The Balaban J connectivity index is 1.88. The van der Waals surface area contributed by atoms with Crippen LogP contribution in [0.4, 0.5) is 5.69 Å². The van der Waals surface area contributed by atoms with Crippen molar-refractivity contribution in [2.24, 2.45) is 5.92 Å². The molecule has 3 nitrogen and oxygen atoms in total.